The lowest BCUT2D eigenvalue weighted by molar-refractivity contribution is -0.120. The van der Waals surface area contributed by atoms with E-state index in [-0.39, 0.29) is 29.1 Å². The first-order valence-corrected chi connectivity index (χ1v) is 11.6. The first kappa shape index (κ1) is 22.1. The van der Waals surface area contributed by atoms with Crippen molar-refractivity contribution in [3.63, 3.8) is 0 Å². The Morgan fingerprint density at radius 2 is 1.63 bits per heavy atom. The van der Waals surface area contributed by atoms with Crippen LogP contribution in [0, 0.1) is 5.82 Å². The SMILES string of the molecule is COc1ccc(S(=O)(=O)N(CC(=O)NC2CCCCCC2)c2ccc(F)cc2)cc1. The van der Waals surface area contributed by atoms with E-state index in [0.29, 0.717) is 5.75 Å². The summed E-state index contributed by atoms with van der Waals surface area (Å²) in [6.45, 7) is -0.378. The van der Waals surface area contributed by atoms with Gasteiger partial charge in [0.05, 0.1) is 17.7 Å². The predicted octanol–water partition coefficient (Wildman–Crippen LogP) is 3.87. The maximum atomic E-state index is 13.4. The fourth-order valence-corrected chi connectivity index (χ4v) is 5.05. The molecule has 1 saturated carbocycles. The van der Waals surface area contributed by atoms with Crippen molar-refractivity contribution < 1.29 is 22.3 Å². The van der Waals surface area contributed by atoms with Crippen LogP contribution in [0.1, 0.15) is 38.5 Å². The second kappa shape index (κ2) is 9.93. The van der Waals surface area contributed by atoms with Crippen LogP contribution in [0.4, 0.5) is 10.1 Å². The molecule has 162 valence electrons. The number of anilines is 1. The second-order valence-corrected chi connectivity index (χ2v) is 9.28. The van der Waals surface area contributed by atoms with E-state index in [0.717, 1.165) is 42.8 Å². The number of hydrogen-bond donors (Lipinski definition) is 1. The third-order valence-electron chi connectivity index (χ3n) is 5.27. The number of halogens is 1. The van der Waals surface area contributed by atoms with Crippen LogP contribution in [0.5, 0.6) is 5.75 Å². The maximum Gasteiger partial charge on any atom is 0.264 e. The maximum absolute atomic E-state index is 13.4. The van der Waals surface area contributed by atoms with Crippen molar-refractivity contribution >= 4 is 21.6 Å². The number of nitrogens with zero attached hydrogens (tertiary/aromatic N) is 1. The molecular weight excluding hydrogens is 407 g/mol. The number of ether oxygens (including phenoxy) is 1. The average molecular weight is 435 g/mol. The molecule has 0 radical (unpaired) electrons. The third-order valence-corrected chi connectivity index (χ3v) is 7.06. The van der Waals surface area contributed by atoms with Gasteiger partial charge in [0.1, 0.15) is 18.1 Å². The van der Waals surface area contributed by atoms with E-state index in [2.05, 4.69) is 5.32 Å². The molecule has 0 unspecified atom stereocenters. The Bertz CT molecular complexity index is 938. The Morgan fingerprint density at radius 3 is 2.20 bits per heavy atom. The molecule has 0 saturated heterocycles. The summed E-state index contributed by atoms with van der Waals surface area (Å²) >= 11 is 0. The molecule has 0 aromatic heterocycles. The Morgan fingerprint density at radius 1 is 1.03 bits per heavy atom. The van der Waals surface area contributed by atoms with Gasteiger partial charge in [-0.1, -0.05) is 25.7 Å². The molecule has 1 amide bonds. The van der Waals surface area contributed by atoms with Gasteiger partial charge in [-0.15, -0.1) is 0 Å². The highest BCUT2D eigenvalue weighted by Gasteiger charge is 2.28. The zero-order chi connectivity index (χ0) is 21.6. The minimum Gasteiger partial charge on any atom is -0.497 e. The molecule has 1 N–H and O–H groups in total. The Kier molecular flexibility index (Phi) is 7.31. The molecule has 0 bridgehead atoms. The standard InChI is InChI=1S/C22H27FN2O4S/c1-29-20-12-14-21(15-13-20)30(27,28)25(19-10-8-17(23)9-11-19)16-22(26)24-18-6-4-2-3-5-7-18/h8-15,18H,2-7,16H2,1H3,(H,24,26). The number of rotatable bonds is 7. The summed E-state index contributed by atoms with van der Waals surface area (Å²) in [5.74, 6) is -0.333. The quantitative estimate of drug-likeness (QED) is 0.672. The highest BCUT2D eigenvalue weighted by Crippen LogP contribution is 2.25. The van der Waals surface area contributed by atoms with E-state index >= 15 is 0 Å². The molecule has 2 aromatic rings. The van der Waals surface area contributed by atoms with Gasteiger partial charge in [0.15, 0.2) is 0 Å². The summed E-state index contributed by atoms with van der Waals surface area (Å²) in [6.07, 6.45) is 6.20. The molecule has 0 atom stereocenters. The summed E-state index contributed by atoms with van der Waals surface area (Å²) in [6, 6.07) is 11.1. The number of nitrogens with one attached hydrogen (secondary N) is 1. The molecule has 0 spiro atoms. The minimum absolute atomic E-state index is 0.0230. The predicted molar refractivity (Wildman–Crippen MR) is 114 cm³/mol. The van der Waals surface area contributed by atoms with Crippen LogP contribution < -0.4 is 14.4 Å². The van der Waals surface area contributed by atoms with Crippen LogP contribution in [0.25, 0.3) is 0 Å². The van der Waals surface area contributed by atoms with Gasteiger partial charge in [-0.05, 0) is 61.4 Å². The smallest absolute Gasteiger partial charge is 0.264 e. The first-order chi connectivity index (χ1) is 14.4. The lowest BCUT2D eigenvalue weighted by Gasteiger charge is -2.25. The summed E-state index contributed by atoms with van der Waals surface area (Å²) < 4.78 is 46.1. The summed E-state index contributed by atoms with van der Waals surface area (Å²) in [4.78, 5) is 12.8. The summed E-state index contributed by atoms with van der Waals surface area (Å²) in [7, 11) is -2.55. The van der Waals surface area contributed by atoms with Gasteiger partial charge < -0.3 is 10.1 Å². The van der Waals surface area contributed by atoms with E-state index in [1.54, 1.807) is 12.1 Å². The van der Waals surface area contributed by atoms with Crippen molar-refractivity contribution in [1.29, 1.82) is 0 Å². The summed E-state index contributed by atoms with van der Waals surface area (Å²) in [5.41, 5.74) is 0.225. The van der Waals surface area contributed by atoms with Crippen LogP contribution in [0.3, 0.4) is 0 Å². The fourth-order valence-electron chi connectivity index (χ4n) is 3.62. The zero-order valence-corrected chi connectivity index (χ0v) is 17.8. The molecule has 30 heavy (non-hydrogen) atoms. The van der Waals surface area contributed by atoms with E-state index in [9.17, 15) is 17.6 Å². The monoisotopic (exact) mass is 434 g/mol. The first-order valence-electron chi connectivity index (χ1n) is 10.1. The van der Waals surface area contributed by atoms with Crippen molar-refractivity contribution in [2.45, 2.75) is 49.5 Å². The average Bonchev–Trinajstić information content (AvgIpc) is 3.01. The van der Waals surface area contributed by atoms with Crippen LogP contribution in [-0.2, 0) is 14.8 Å². The largest absolute Gasteiger partial charge is 0.497 e. The van der Waals surface area contributed by atoms with Crippen molar-refractivity contribution in [1.82, 2.24) is 5.32 Å². The Balaban J connectivity index is 1.85. The molecule has 1 aliphatic carbocycles. The molecule has 1 fully saturated rings. The van der Waals surface area contributed by atoms with Gasteiger partial charge in [-0.3, -0.25) is 9.10 Å². The highest BCUT2D eigenvalue weighted by molar-refractivity contribution is 7.92. The van der Waals surface area contributed by atoms with Gasteiger partial charge >= 0.3 is 0 Å². The lowest BCUT2D eigenvalue weighted by atomic mass is 10.1. The Hall–Kier alpha value is -2.61. The number of hydrogen-bond acceptors (Lipinski definition) is 4. The molecule has 1 aliphatic rings. The summed E-state index contributed by atoms with van der Waals surface area (Å²) in [5, 5.41) is 2.97. The molecule has 6 nitrogen and oxygen atoms in total. The normalized spacial score (nSPS) is 15.3. The van der Waals surface area contributed by atoms with Crippen molar-refractivity contribution in [3.05, 3.63) is 54.3 Å². The van der Waals surface area contributed by atoms with Gasteiger partial charge in [0, 0.05) is 6.04 Å². The molecule has 3 rings (SSSR count). The molecule has 0 heterocycles. The van der Waals surface area contributed by atoms with E-state index in [4.69, 9.17) is 4.74 Å². The molecule has 2 aromatic carbocycles. The van der Waals surface area contributed by atoms with Crippen molar-refractivity contribution in [3.8, 4) is 5.75 Å². The van der Waals surface area contributed by atoms with Gasteiger partial charge in [0.25, 0.3) is 10.0 Å². The van der Waals surface area contributed by atoms with Crippen LogP contribution in [0.15, 0.2) is 53.4 Å². The molecule has 0 aliphatic heterocycles. The van der Waals surface area contributed by atoms with Crippen molar-refractivity contribution in [2.75, 3.05) is 18.0 Å². The number of carbonyl (C=O) groups is 1. The van der Waals surface area contributed by atoms with E-state index in [1.165, 1.54) is 43.5 Å². The number of carbonyl (C=O) groups excluding carboxylic acids is 1. The van der Waals surface area contributed by atoms with Gasteiger partial charge in [-0.25, -0.2) is 12.8 Å². The number of methoxy groups -OCH3 is 1. The van der Waals surface area contributed by atoms with Gasteiger partial charge in [0.2, 0.25) is 5.91 Å². The lowest BCUT2D eigenvalue weighted by Crippen LogP contribution is -2.44. The van der Waals surface area contributed by atoms with E-state index in [1.807, 2.05) is 0 Å². The van der Waals surface area contributed by atoms with Crippen molar-refractivity contribution in [2.24, 2.45) is 0 Å². The fraction of sp³-hybridized carbons (Fsp3) is 0.409. The third kappa shape index (κ3) is 5.50. The second-order valence-electron chi connectivity index (χ2n) is 7.42. The number of sulfonamides is 1. The molecule has 8 heteroatoms. The topological polar surface area (TPSA) is 75.7 Å². The highest BCUT2D eigenvalue weighted by atomic mass is 32.2. The van der Waals surface area contributed by atoms with Crippen LogP contribution in [-0.4, -0.2) is 34.0 Å². The zero-order valence-electron chi connectivity index (χ0n) is 17.0. The molecular formula is C22H27FN2O4S. The minimum atomic E-state index is -4.04. The number of amides is 1. The van der Waals surface area contributed by atoms with Crippen LogP contribution >= 0.6 is 0 Å². The number of benzene rings is 2. The van der Waals surface area contributed by atoms with Crippen LogP contribution in [0.2, 0.25) is 0 Å². The Labute approximate surface area is 177 Å². The van der Waals surface area contributed by atoms with E-state index < -0.39 is 15.8 Å². The van der Waals surface area contributed by atoms with Gasteiger partial charge in [-0.2, -0.15) is 0 Å².